The molecule has 2 aromatic rings. The van der Waals surface area contributed by atoms with Crippen LogP contribution in [0.2, 0.25) is 0 Å². The molecule has 2 aromatic carbocycles. The second-order valence-electron chi connectivity index (χ2n) is 8.86. The third-order valence-corrected chi connectivity index (χ3v) is 6.55. The summed E-state index contributed by atoms with van der Waals surface area (Å²) in [7, 11) is 1.31. The van der Waals surface area contributed by atoms with E-state index in [1.165, 1.54) is 55.4 Å². The van der Waals surface area contributed by atoms with Gasteiger partial charge in [0.05, 0.1) is 7.11 Å². The number of hydrogen-bond donors (Lipinski definition) is 0. The zero-order chi connectivity index (χ0) is 21.5. The molecule has 0 spiro atoms. The van der Waals surface area contributed by atoms with Gasteiger partial charge in [-0.15, -0.1) is 0 Å². The van der Waals surface area contributed by atoms with Crippen LogP contribution in [0.5, 0.6) is 0 Å². The Kier molecular flexibility index (Phi) is 7.92. The van der Waals surface area contributed by atoms with Gasteiger partial charge in [-0.2, -0.15) is 0 Å². The molecule has 0 atom stereocenters. The van der Waals surface area contributed by atoms with Crippen molar-refractivity contribution >= 4 is 12.2 Å². The Balaban J connectivity index is 0.000000589. The smallest absolute Gasteiger partial charge is 0.292 e. The van der Waals surface area contributed by atoms with Crippen molar-refractivity contribution in [1.82, 2.24) is 4.90 Å². The van der Waals surface area contributed by atoms with Crippen LogP contribution in [0.15, 0.2) is 42.5 Å². The van der Waals surface area contributed by atoms with Gasteiger partial charge in [-0.3, -0.25) is 9.69 Å². The zero-order valence-electron chi connectivity index (χ0n) is 18.9. The Labute approximate surface area is 181 Å². The van der Waals surface area contributed by atoms with E-state index in [0.717, 1.165) is 25.6 Å². The average molecular weight is 409 g/mol. The Morgan fingerprint density at radius 2 is 1.60 bits per heavy atom. The fourth-order valence-electron chi connectivity index (χ4n) is 4.49. The van der Waals surface area contributed by atoms with Gasteiger partial charge in [-0.1, -0.05) is 37.3 Å². The number of hydrogen-bond acceptors (Lipinski definition) is 4. The van der Waals surface area contributed by atoms with Crippen LogP contribution >= 0.6 is 0 Å². The van der Waals surface area contributed by atoms with E-state index in [1.807, 2.05) is 0 Å². The molecule has 30 heavy (non-hydrogen) atoms. The summed E-state index contributed by atoms with van der Waals surface area (Å²) in [5.74, 6) is 1.58. The molecular formula is C26H36N2O2. The van der Waals surface area contributed by atoms with Crippen molar-refractivity contribution in [2.75, 3.05) is 38.2 Å². The van der Waals surface area contributed by atoms with Gasteiger partial charge >= 0.3 is 0 Å². The SMILES string of the molecule is COC=O.Cc1cc(C2CN(c3ccccc3)C2)cc(C)c1CN1CCC(C)CC1. The molecule has 2 saturated heterocycles. The molecule has 0 radical (unpaired) electrons. The minimum atomic E-state index is 0.375. The number of aryl methyl sites for hydroxylation is 2. The summed E-state index contributed by atoms with van der Waals surface area (Å²) in [5.41, 5.74) is 7.41. The third-order valence-electron chi connectivity index (χ3n) is 6.55. The Morgan fingerprint density at radius 3 is 2.13 bits per heavy atom. The third kappa shape index (κ3) is 5.63. The maximum Gasteiger partial charge on any atom is 0.292 e. The lowest BCUT2D eigenvalue weighted by Gasteiger charge is -2.42. The number of benzene rings is 2. The van der Waals surface area contributed by atoms with Crippen LogP contribution in [0.25, 0.3) is 0 Å². The average Bonchev–Trinajstić information content (AvgIpc) is 2.72. The van der Waals surface area contributed by atoms with Crippen molar-refractivity contribution in [2.24, 2.45) is 5.92 Å². The Bertz CT molecular complexity index is 784. The fraction of sp³-hybridized carbons (Fsp3) is 0.500. The number of carbonyl (C=O) groups is 1. The van der Waals surface area contributed by atoms with E-state index in [4.69, 9.17) is 4.79 Å². The van der Waals surface area contributed by atoms with Gasteiger partial charge in [0.2, 0.25) is 0 Å². The van der Waals surface area contributed by atoms with Crippen LogP contribution in [0, 0.1) is 19.8 Å². The van der Waals surface area contributed by atoms with E-state index in [9.17, 15) is 0 Å². The van der Waals surface area contributed by atoms with Gasteiger partial charge in [-0.25, -0.2) is 0 Å². The number of carbonyl (C=O) groups excluding carboxylic acids is 1. The number of para-hydroxylation sites is 1. The zero-order valence-corrected chi connectivity index (χ0v) is 18.9. The highest BCUT2D eigenvalue weighted by molar-refractivity contribution is 5.51. The first kappa shape index (κ1) is 22.4. The predicted octanol–water partition coefficient (Wildman–Crippen LogP) is 4.93. The molecule has 0 amide bonds. The highest BCUT2D eigenvalue weighted by atomic mass is 16.5. The molecule has 2 aliphatic rings. The summed E-state index contributed by atoms with van der Waals surface area (Å²) >= 11 is 0. The van der Waals surface area contributed by atoms with Gasteiger partial charge in [0.25, 0.3) is 6.47 Å². The lowest BCUT2D eigenvalue weighted by molar-refractivity contribution is -0.126. The quantitative estimate of drug-likeness (QED) is 0.657. The summed E-state index contributed by atoms with van der Waals surface area (Å²) in [5, 5.41) is 0. The van der Waals surface area contributed by atoms with Gasteiger partial charge in [0, 0.05) is 31.2 Å². The van der Waals surface area contributed by atoms with Crippen molar-refractivity contribution in [1.29, 1.82) is 0 Å². The fourth-order valence-corrected chi connectivity index (χ4v) is 4.49. The first-order valence-corrected chi connectivity index (χ1v) is 11.1. The first-order chi connectivity index (χ1) is 14.5. The molecule has 162 valence electrons. The number of rotatable bonds is 5. The molecular weight excluding hydrogens is 372 g/mol. The molecule has 0 saturated carbocycles. The van der Waals surface area contributed by atoms with Gasteiger partial charge < -0.3 is 9.64 Å². The minimum absolute atomic E-state index is 0.375. The van der Waals surface area contributed by atoms with Gasteiger partial charge in [0.1, 0.15) is 0 Å². The molecule has 0 aromatic heterocycles. The molecule has 0 N–H and O–H groups in total. The van der Waals surface area contributed by atoms with E-state index < -0.39 is 0 Å². The summed E-state index contributed by atoms with van der Waals surface area (Å²) in [6.07, 6.45) is 2.71. The molecule has 4 heteroatoms. The van der Waals surface area contributed by atoms with Gasteiger partial charge in [-0.05, 0) is 80.1 Å². The molecule has 2 heterocycles. The summed E-state index contributed by atoms with van der Waals surface area (Å²) in [4.78, 5) is 14.1. The van der Waals surface area contributed by atoms with Crippen LogP contribution < -0.4 is 4.90 Å². The normalized spacial score (nSPS) is 17.7. The van der Waals surface area contributed by atoms with Crippen LogP contribution in [0.1, 0.15) is 47.9 Å². The molecule has 0 aliphatic carbocycles. The maximum absolute atomic E-state index is 8.95. The van der Waals surface area contributed by atoms with Crippen molar-refractivity contribution in [2.45, 2.75) is 46.1 Å². The largest absolute Gasteiger partial charge is 0.471 e. The highest BCUT2D eigenvalue weighted by Gasteiger charge is 2.29. The van der Waals surface area contributed by atoms with Crippen LogP contribution in [0.3, 0.4) is 0 Å². The first-order valence-electron chi connectivity index (χ1n) is 11.1. The standard InChI is InChI=1S/C24H32N2.C2H4O2/c1-18-9-11-25(12-10-18)17-24-19(2)13-21(14-20(24)3)22-15-26(16-22)23-7-5-4-6-8-23;1-4-2-3/h4-8,13-14,18,22H,9-12,15-17H2,1-3H3;2H,1H3. The van der Waals surface area contributed by atoms with Crippen molar-refractivity contribution < 1.29 is 9.53 Å². The van der Waals surface area contributed by atoms with Crippen LogP contribution in [-0.4, -0.2) is 44.7 Å². The summed E-state index contributed by atoms with van der Waals surface area (Å²) in [6, 6.07) is 15.7. The van der Waals surface area contributed by atoms with E-state index in [0.29, 0.717) is 12.4 Å². The summed E-state index contributed by atoms with van der Waals surface area (Å²) < 4.78 is 3.86. The minimum Gasteiger partial charge on any atom is -0.471 e. The molecule has 2 fully saturated rings. The number of nitrogens with zero attached hydrogens (tertiary/aromatic N) is 2. The molecule has 2 aliphatic heterocycles. The lowest BCUT2D eigenvalue weighted by atomic mass is 9.87. The lowest BCUT2D eigenvalue weighted by Crippen LogP contribution is -2.45. The second-order valence-corrected chi connectivity index (χ2v) is 8.86. The van der Waals surface area contributed by atoms with E-state index >= 15 is 0 Å². The van der Waals surface area contributed by atoms with Gasteiger partial charge in [0.15, 0.2) is 0 Å². The number of likely N-dealkylation sites (tertiary alicyclic amines) is 1. The maximum atomic E-state index is 8.95. The van der Waals surface area contributed by atoms with Crippen LogP contribution in [0.4, 0.5) is 5.69 Å². The number of methoxy groups -OCH3 is 1. The monoisotopic (exact) mass is 408 g/mol. The summed E-state index contributed by atoms with van der Waals surface area (Å²) in [6.45, 7) is 13.3. The van der Waals surface area contributed by atoms with E-state index in [1.54, 1.807) is 5.56 Å². The van der Waals surface area contributed by atoms with Crippen LogP contribution in [-0.2, 0) is 16.1 Å². The Hall–Kier alpha value is -2.33. The van der Waals surface area contributed by atoms with E-state index in [-0.39, 0.29) is 0 Å². The van der Waals surface area contributed by atoms with Crippen molar-refractivity contribution in [3.63, 3.8) is 0 Å². The van der Waals surface area contributed by atoms with E-state index in [2.05, 4.69) is 77.8 Å². The molecule has 0 bridgehead atoms. The number of ether oxygens (including phenoxy) is 1. The number of piperidine rings is 1. The van der Waals surface area contributed by atoms with Crippen molar-refractivity contribution in [3.05, 3.63) is 64.7 Å². The molecule has 0 unspecified atom stereocenters. The number of anilines is 1. The topological polar surface area (TPSA) is 32.8 Å². The molecule has 4 rings (SSSR count). The predicted molar refractivity (Wildman–Crippen MR) is 124 cm³/mol. The highest BCUT2D eigenvalue weighted by Crippen LogP contribution is 2.33. The van der Waals surface area contributed by atoms with Crippen molar-refractivity contribution in [3.8, 4) is 0 Å². The second kappa shape index (κ2) is 10.6. The Morgan fingerprint density at radius 1 is 1.03 bits per heavy atom. The molecule has 4 nitrogen and oxygen atoms in total.